The monoisotopic (exact) mass is 553 g/mol. The number of carbonyl (C=O) groups is 1. The Bertz CT molecular complexity index is 1630. The summed E-state index contributed by atoms with van der Waals surface area (Å²) in [5.74, 6) is 1.41. The number of ether oxygens (including phenoxy) is 2. The molecule has 0 fully saturated rings. The van der Waals surface area contributed by atoms with E-state index in [4.69, 9.17) is 20.2 Å². The summed E-state index contributed by atoms with van der Waals surface area (Å²) in [5, 5.41) is 4.22. The van der Waals surface area contributed by atoms with Crippen LogP contribution in [-0.2, 0) is 7.05 Å². The molecule has 10 heteroatoms. The third-order valence-electron chi connectivity index (χ3n) is 6.46. The maximum absolute atomic E-state index is 10.8. The van der Waals surface area contributed by atoms with Crippen LogP contribution >= 0.6 is 0 Å². The summed E-state index contributed by atoms with van der Waals surface area (Å²) in [5.41, 5.74) is 12.0. The van der Waals surface area contributed by atoms with E-state index in [2.05, 4.69) is 39.0 Å². The molecule has 5 rings (SSSR count). The Hall–Kier alpha value is -4.99. The second kappa shape index (κ2) is 12.9. The van der Waals surface area contributed by atoms with E-state index >= 15 is 0 Å². The van der Waals surface area contributed by atoms with Crippen molar-refractivity contribution in [3.63, 3.8) is 0 Å². The highest BCUT2D eigenvalue weighted by Crippen LogP contribution is 2.34. The highest BCUT2D eigenvalue weighted by Gasteiger charge is 2.13. The maximum atomic E-state index is 10.8. The maximum Gasteiger partial charge on any atom is 0.248 e. The zero-order valence-corrected chi connectivity index (χ0v) is 24.2. The molecule has 3 heterocycles. The third kappa shape index (κ3) is 6.96. The van der Waals surface area contributed by atoms with Crippen molar-refractivity contribution in [1.82, 2.24) is 24.7 Å². The van der Waals surface area contributed by atoms with Gasteiger partial charge in [0, 0.05) is 72.4 Å². The van der Waals surface area contributed by atoms with E-state index in [9.17, 15) is 4.79 Å². The van der Waals surface area contributed by atoms with Gasteiger partial charge in [-0.25, -0.2) is 4.98 Å². The molecule has 5 aromatic rings. The summed E-state index contributed by atoms with van der Waals surface area (Å²) in [4.78, 5) is 26.4. The standard InChI is InChI=1S/C22H23N5O2.C9H12N2O/c1-5-27(17-8-18(28-3)11-19(9-17)29-4)16-6-7-20-21(10-16)25-22(13-23-20)15-12-24-26(2)14-15;1-6(2)8-5-7(9(10)12)3-4-11-8/h6-14H,5H2,1-4H3;3-6H,1-2H3,(H2,10,12). The Balaban J connectivity index is 0.000000271. The molecule has 3 aromatic heterocycles. The summed E-state index contributed by atoms with van der Waals surface area (Å²) in [7, 11) is 5.19. The van der Waals surface area contributed by atoms with Gasteiger partial charge in [0.1, 0.15) is 11.5 Å². The molecule has 10 nitrogen and oxygen atoms in total. The number of hydrogen-bond acceptors (Lipinski definition) is 8. The number of carbonyl (C=O) groups excluding carboxylic acids is 1. The molecular weight excluding hydrogens is 518 g/mol. The lowest BCUT2D eigenvalue weighted by atomic mass is 10.1. The Kier molecular flexibility index (Phi) is 9.13. The number of aryl methyl sites for hydroxylation is 1. The Morgan fingerprint density at radius 2 is 1.68 bits per heavy atom. The Morgan fingerprint density at radius 3 is 2.27 bits per heavy atom. The molecule has 212 valence electrons. The van der Waals surface area contributed by atoms with E-state index in [1.807, 2.05) is 51.4 Å². The molecule has 0 saturated carbocycles. The van der Waals surface area contributed by atoms with Crippen LogP contribution in [0.5, 0.6) is 11.5 Å². The van der Waals surface area contributed by atoms with Crippen molar-refractivity contribution >= 4 is 28.3 Å². The highest BCUT2D eigenvalue weighted by atomic mass is 16.5. The van der Waals surface area contributed by atoms with Crippen LogP contribution in [0.25, 0.3) is 22.3 Å². The first-order valence-corrected chi connectivity index (χ1v) is 13.2. The lowest BCUT2D eigenvalue weighted by molar-refractivity contribution is 0.1000. The number of anilines is 2. The van der Waals surface area contributed by atoms with Crippen LogP contribution in [-0.4, -0.2) is 51.4 Å². The minimum absolute atomic E-state index is 0.323. The molecule has 0 radical (unpaired) electrons. The number of benzene rings is 2. The third-order valence-corrected chi connectivity index (χ3v) is 6.46. The molecular formula is C31H35N7O3. The quantitative estimate of drug-likeness (QED) is 0.267. The fraction of sp³-hybridized carbons (Fsp3) is 0.258. The first kappa shape index (κ1) is 29.0. The van der Waals surface area contributed by atoms with Crippen molar-refractivity contribution in [3.05, 3.63) is 84.6 Å². The van der Waals surface area contributed by atoms with Gasteiger partial charge >= 0.3 is 0 Å². The second-order valence-electron chi connectivity index (χ2n) is 9.63. The van der Waals surface area contributed by atoms with Crippen LogP contribution in [0, 0.1) is 0 Å². The van der Waals surface area contributed by atoms with Gasteiger partial charge < -0.3 is 20.1 Å². The summed E-state index contributed by atoms with van der Waals surface area (Å²) in [6.45, 7) is 6.92. The summed E-state index contributed by atoms with van der Waals surface area (Å²) < 4.78 is 12.6. The molecule has 0 atom stereocenters. The van der Waals surface area contributed by atoms with Gasteiger partial charge in [-0.15, -0.1) is 0 Å². The van der Waals surface area contributed by atoms with Crippen molar-refractivity contribution < 1.29 is 14.3 Å². The van der Waals surface area contributed by atoms with E-state index in [1.54, 1.807) is 49.6 Å². The molecule has 2 aromatic carbocycles. The average molecular weight is 554 g/mol. The van der Waals surface area contributed by atoms with Crippen LogP contribution in [0.3, 0.4) is 0 Å². The first-order chi connectivity index (χ1) is 19.7. The molecule has 0 aliphatic rings. The first-order valence-electron chi connectivity index (χ1n) is 13.2. The zero-order chi connectivity index (χ0) is 29.5. The molecule has 0 spiro atoms. The smallest absolute Gasteiger partial charge is 0.248 e. The van der Waals surface area contributed by atoms with E-state index in [0.29, 0.717) is 11.5 Å². The average Bonchev–Trinajstić information content (AvgIpc) is 3.43. The van der Waals surface area contributed by atoms with Crippen LogP contribution in [0.2, 0.25) is 0 Å². The number of hydrogen-bond donors (Lipinski definition) is 1. The van der Waals surface area contributed by atoms with Crippen LogP contribution in [0.15, 0.2) is 73.3 Å². The number of nitrogens with zero attached hydrogens (tertiary/aromatic N) is 6. The molecule has 41 heavy (non-hydrogen) atoms. The fourth-order valence-electron chi connectivity index (χ4n) is 4.24. The summed E-state index contributed by atoms with van der Waals surface area (Å²) >= 11 is 0. The molecule has 0 bridgehead atoms. The predicted molar refractivity (Wildman–Crippen MR) is 161 cm³/mol. The van der Waals surface area contributed by atoms with Crippen molar-refractivity contribution in [2.24, 2.45) is 12.8 Å². The summed E-state index contributed by atoms with van der Waals surface area (Å²) in [6.07, 6.45) is 7.11. The minimum atomic E-state index is -0.403. The number of amides is 1. The number of nitrogens with two attached hydrogens (primary N) is 1. The van der Waals surface area contributed by atoms with Gasteiger partial charge in [0.05, 0.1) is 43.3 Å². The van der Waals surface area contributed by atoms with Crippen molar-refractivity contribution in [3.8, 4) is 22.8 Å². The lowest BCUT2D eigenvalue weighted by Crippen LogP contribution is -2.16. The highest BCUT2D eigenvalue weighted by molar-refractivity contribution is 5.92. The van der Waals surface area contributed by atoms with Crippen molar-refractivity contribution in [1.29, 1.82) is 0 Å². The number of aromatic nitrogens is 5. The molecule has 0 aliphatic heterocycles. The topological polar surface area (TPSA) is 121 Å². The second-order valence-corrected chi connectivity index (χ2v) is 9.63. The zero-order valence-electron chi connectivity index (χ0n) is 24.2. The lowest BCUT2D eigenvalue weighted by Gasteiger charge is -2.24. The van der Waals surface area contributed by atoms with E-state index in [0.717, 1.165) is 57.4 Å². The van der Waals surface area contributed by atoms with Gasteiger partial charge in [0.15, 0.2) is 0 Å². The Labute approximate surface area is 239 Å². The minimum Gasteiger partial charge on any atom is -0.497 e. The predicted octanol–water partition coefficient (Wildman–Crippen LogP) is 5.51. The number of rotatable bonds is 8. The molecule has 2 N–H and O–H groups in total. The largest absolute Gasteiger partial charge is 0.497 e. The van der Waals surface area contributed by atoms with Crippen LogP contribution in [0.4, 0.5) is 11.4 Å². The van der Waals surface area contributed by atoms with Crippen LogP contribution in [0.1, 0.15) is 42.7 Å². The molecule has 0 aliphatic carbocycles. The molecule has 0 saturated heterocycles. The van der Waals surface area contributed by atoms with Gasteiger partial charge in [0.25, 0.3) is 0 Å². The van der Waals surface area contributed by atoms with Gasteiger partial charge in [-0.05, 0) is 43.2 Å². The number of fused-ring (bicyclic) bond motifs is 1. The van der Waals surface area contributed by atoms with E-state index in [1.165, 1.54) is 0 Å². The fourth-order valence-corrected chi connectivity index (χ4v) is 4.24. The number of pyridine rings is 1. The Morgan fingerprint density at radius 1 is 0.951 bits per heavy atom. The van der Waals surface area contributed by atoms with Crippen molar-refractivity contribution in [2.75, 3.05) is 25.7 Å². The van der Waals surface area contributed by atoms with Gasteiger partial charge in [0.2, 0.25) is 5.91 Å². The summed E-state index contributed by atoms with van der Waals surface area (Å²) in [6, 6.07) is 15.3. The van der Waals surface area contributed by atoms with Gasteiger partial charge in [-0.3, -0.25) is 19.4 Å². The van der Waals surface area contributed by atoms with Gasteiger partial charge in [-0.1, -0.05) is 13.8 Å². The normalized spacial score (nSPS) is 10.7. The van der Waals surface area contributed by atoms with E-state index in [-0.39, 0.29) is 0 Å². The SMILES string of the molecule is CC(C)c1cc(C(N)=O)ccn1.CCN(c1cc(OC)cc(OC)c1)c1ccc2ncc(-c3cnn(C)c3)nc2c1. The van der Waals surface area contributed by atoms with Crippen molar-refractivity contribution in [2.45, 2.75) is 26.7 Å². The van der Waals surface area contributed by atoms with Crippen LogP contribution < -0.4 is 20.1 Å². The van der Waals surface area contributed by atoms with E-state index < -0.39 is 5.91 Å². The molecule has 0 unspecified atom stereocenters. The number of primary amides is 1. The number of methoxy groups -OCH3 is 2. The van der Waals surface area contributed by atoms with Gasteiger partial charge in [-0.2, -0.15) is 5.10 Å². The molecule has 1 amide bonds.